The van der Waals surface area contributed by atoms with Gasteiger partial charge in [-0.05, 0) is 44.0 Å². The lowest BCUT2D eigenvalue weighted by atomic mass is 10.1. The Labute approximate surface area is 140 Å². The van der Waals surface area contributed by atoms with Gasteiger partial charge in [0, 0.05) is 18.0 Å². The SMILES string of the molecule is CCC(N)CCNc1nc2ccc(F)cc2cc1C(=N)NC(C)O. The van der Waals surface area contributed by atoms with E-state index in [1.807, 2.05) is 6.92 Å². The first-order chi connectivity index (χ1) is 11.4. The lowest BCUT2D eigenvalue weighted by molar-refractivity contribution is 0.180. The second kappa shape index (κ2) is 8.03. The average Bonchev–Trinajstić information content (AvgIpc) is 2.53. The summed E-state index contributed by atoms with van der Waals surface area (Å²) in [5.74, 6) is 0.168. The Hall–Kier alpha value is -2.25. The predicted molar refractivity (Wildman–Crippen MR) is 94.7 cm³/mol. The van der Waals surface area contributed by atoms with Gasteiger partial charge in [0.2, 0.25) is 0 Å². The van der Waals surface area contributed by atoms with Gasteiger partial charge in [0.1, 0.15) is 23.7 Å². The number of aromatic nitrogens is 1. The Morgan fingerprint density at radius 2 is 2.17 bits per heavy atom. The van der Waals surface area contributed by atoms with E-state index in [1.165, 1.54) is 19.1 Å². The third-order valence-electron chi connectivity index (χ3n) is 3.73. The number of pyridine rings is 1. The van der Waals surface area contributed by atoms with Crippen molar-refractivity contribution in [2.45, 2.75) is 39.0 Å². The Morgan fingerprint density at radius 1 is 1.42 bits per heavy atom. The molecule has 2 atom stereocenters. The number of nitrogens with one attached hydrogen (secondary N) is 3. The molecule has 7 heteroatoms. The average molecular weight is 333 g/mol. The number of anilines is 1. The highest BCUT2D eigenvalue weighted by atomic mass is 19.1. The van der Waals surface area contributed by atoms with Crippen LogP contribution in [0.1, 0.15) is 32.3 Å². The van der Waals surface area contributed by atoms with E-state index in [9.17, 15) is 9.50 Å². The molecule has 0 radical (unpaired) electrons. The smallest absolute Gasteiger partial charge is 0.137 e. The molecule has 0 saturated carbocycles. The molecule has 1 aromatic carbocycles. The number of halogens is 1. The standard InChI is InChI=1S/C17H24FN5O/c1-3-13(19)6-7-21-17-14(16(20)22-10(2)24)9-11-8-12(18)4-5-15(11)23-17/h4-5,8-10,13,24H,3,6-7,19H2,1-2H3,(H2,20,22)(H,21,23). The minimum atomic E-state index is -0.873. The van der Waals surface area contributed by atoms with E-state index in [0.717, 1.165) is 12.8 Å². The number of nitrogens with two attached hydrogens (primary N) is 1. The Balaban J connectivity index is 2.34. The van der Waals surface area contributed by atoms with Gasteiger partial charge in [-0.15, -0.1) is 0 Å². The molecule has 0 saturated heterocycles. The minimum absolute atomic E-state index is 0.0194. The Bertz CT molecular complexity index is 719. The molecule has 1 aromatic heterocycles. The van der Waals surface area contributed by atoms with Gasteiger partial charge in [0.25, 0.3) is 0 Å². The van der Waals surface area contributed by atoms with E-state index in [0.29, 0.717) is 28.8 Å². The molecular weight excluding hydrogens is 309 g/mol. The number of hydrogen-bond acceptors (Lipinski definition) is 5. The molecule has 0 fully saturated rings. The first-order valence-corrected chi connectivity index (χ1v) is 8.04. The number of nitrogens with zero attached hydrogens (tertiary/aromatic N) is 1. The second-order valence-electron chi connectivity index (χ2n) is 5.80. The van der Waals surface area contributed by atoms with Gasteiger partial charge < -0.3 is 21.5 Å². The molecule has 1 heterocycles. The Kier molecular flexibility index (Phi) is 6.05. The summed E-state index contributed by atoms with van der Waals surface area (Å²) in [5, 5.41) is 24.0. The summed E-state index contributed by atoms with van der Waals surface area (Å²) in [5.41, 5.74) is 7.02. The maximum absolute atomic E-state index is 13.4. The quantitative estimate of drug-likeness (QED) is 0.303. The van der Waals surface area contributed by atoms with Gasteiger partial charge in [0.05, 0.1) is 11.1 Å². The number of amidine groups is 1. The van der Waals surface area contributed by atoms with Crippen LogP contribution in [0.2, 0.25) is 0 Å². The number of benzene rings is 1. The van der Waals surface area contributed by atoms with Crippen molar-refractivity contribution < 1.29 is 9.50 Å². The minimum Gasteiger partial charge on any atom is -0.374 e. The van der Waals surface area contributed by atoms with Crippen molar-refractivity contribution in [3.05, 3.63) is 35.6 Å². The number of fused-ring (bicyclic) bond motifs is 1. The van der Waals surface area contributed by atoms with Gasteiger partial charge >= 0.3 is 0 Å². The van der Waals surface area contributed by atoms with E-state index < -0.39 is 6.23 Å². The topological polar surface area (TPSA) is 107 Å². The van der Waals surface area contributed by atoms with Crippen molar-refractivity contribution >= 4 is 22.6 Å². The van der Waals surface area contributed by atoms with Gasteiger partial charge in [-0.3, -0.25) is 5.41 Å². The van der Waals surface area contributed by atoms with Crippen LogP contribution in [0.15, 0.2) is 24.3 Å². The maximum atomic E-state index is 13.4. The zero-order chi connectivity index (χ0) is 17.7. The molecule has 6 nitrogen and oxygen atoms in total. The number of aliphatic hydroxyl groups is 1. The second-order valence-corrected chi connectivity index (χ2v) is 5.80. The van der Waals surface area contributed by atoms with E-state index in [-0.39, 0.29) is 17.7 Å². The van der Waals surface area contributed by atoms with Crippen LogP contribution in [0.5, 0.6) is 0 Å². The van der Waals surface area contributed by atoms with E-state index in [1.54, 1.807) is 12.1 Å². The number of rotatable bonds is 7. The zero-order valence-electron chi connectivity index (χ0n) is 13.9. The van der Waals surface area contributed by atoms with E-state index in [2.05, 4.69) is 15.6 Å². The number of hydrogen-bond donors (Lipinski definition) is 5. The van der Waals surface area contributed by atoms with Crippen LogP contribution in [-0.4, -0.2) is 34.7 Å². The van der Waals surface area contributed by atoms with E-state index >= 15 is 0 Å². The maximum Gasteiger partial charge on any atom is 0.137 e. The fourth-order valence-electron chi connectivity index (χ4n) is 2.34. The van der Waals surface area contributed by atoms with Gasteiger partial charge in [0.15, 0.2) is 0 Å². The predicted octanol–water partition coefficient (Wildman–Crippen LogP) is 2.17. The molecule has 2 unspecified atom stereocenters. The molecule has 0 aliphatic rings. The molecule has 24 heavy (non-hydrogen) atoms. The first-order valence-electron chi connectivity index (χ1n) is 8.04. The molecule has 2 aromatic rings. The molecule has 0 aliphatic carbocycles. The third-order valence-corrected chi connectivity index (χ3v) is 3.73. The molecular formula is C17H24FN5O. The summed E-state index contributed by atoms with van der Waals surface area (Å²) in [6, 6.07) is 6.11. The normalized spacial score (nSPS) is 13.5. The van der Waals surface area contributed by atoms with Gasteiger partial charge in [-0.2, -0.15) is 0 Å². The molecule has 130 valence electrons. The van der Waals surface area contributed by atoms with Crippen molar-refractivity contribution in [2.24, 2.45) is 5.73 Å². The third kappa shape index (κ3) is 4.62. The summed E-state index contributed by atoms with van der Waals surface area (Å²) in [4.78, 5) is 4.49. The van der Waals surface area contributed by atoms with Crippen LogP contribution in [0.25, 0.3) is 10.9 Å². The summed E-state index contributed by atoms with van der Waals surface area (Å²) in [6.45, 7) is 4.17. The van der Waals surface area contributed by atoms with E-state index in [4.69, 9.17) is 11.1 Å². The molecule has 6 N–H and O–H groups in total. The highest BCUT2D eigenvalue weighted by molar-refractivity contribution is 6.03. The summed E-state index contributed by atoms with van der Waals surface area (Å²) < 4.78 is 13.4. The molecule has 2 rings (SSSR count). The van der Waals surface area contributed by atoms with Crippen molar-refractivity contribution in [3.8, 4) is 0 Å². The first kappa shape index (κ1) is 18.1. The fourth-order valence-corrected chi connectivity index (χ4v) is 2.34. The monoisotopic (exact) mass is 333 g/mol. The summed E-state index contributed by atoms with van der Waals surface area (Å²) in [7, 11) is 0. The van der Waals surface area contributed by atoms with Crippen LogP contribution >= 0.6 is 0 Å². The highest BCUT2D eigenvalue weighted by Crippen LogP contribution is 2.22. The van der Waals surface area contributed by atoms with Crippen LogP contribution in [0.3, 0.4) is 0 Å². The molecule has 0 spiro atoms. The molecule has 0 aliphatic heterocycles. The summed E-state index contributed by atoms with van der Waals surface area (Å²) in [6.07, 6.45) is 0.788. The molecule has 0 bridgehead atoms. The fraction of sp³-hybridized carbons (Fsp3) is 0.412. The van der Waals surface area contributed by atoms with Gasteiger partial charge in [-0.1, -0.05) is 6.92 Å². The number of aliphatic hydroxyl groups excluding tert-OH is 1. The van der Waals surface area contributed by atoms with Crippen molar-refractivity contribution in [3.63, 3.8) is 0 Å². The van der Waals surface area contributed by atoms with Crippen LogP contribution in [0.4, 0.5) is 10.2 Å². The highest BCUT2D eigenvalue weighted by Gasteiger charge is 2.13. The lowest BCUT2D eigenvalue weighted by Crippen LogP contribution is -2.33. The van der Waals surface area contributed by atoms with Crippen LogP contribution in [-0.2, 0) is 0 Å². The Morgan fingerprint density at radius 3 is 2.83 bits per heavy atom. The van der Waals surface area contributed by atoms with Crippen LogP contribution < -0.4 is 16.4 Å². The van der Waals surface area contributed by atoms with Gasteiger partial charge in [-0.25, -0.2) is 9.37 Å². The lowest BCUT2D eigenvalue weighted by Gasteiger charge is -2.17. The zero-order valence-corrected chi connectivity index (χ0v) is 13.9. The summed E-state index contributed by atoms with van der Waals surface area (Å²) >= 11 is 0. The van der Waals surface area contributed by atoms with Crippen LogP contribution in [0, 0.1) is 11.2 Å². The van der Waals surface area contributed by atoms with Crippen molar-refractivity contribution in [2.75, 3.05) is 11.9 Å². The van der Waals surface area contributed by atoms with Crippen molar-refractivity contribution in [1.82, 2.24) is 10.3 Å². The largest absolute Gasteiger partial charge is 0.374 e. The molecule has 0 amide bonds. The van der Waals surface area contributed by atoms with Crippen molar-refractivity contribution in [1.29, 1.82) is 5.41 Å².